The number of hydrogen-bond donors (Lipinski definition) is 0. The van der Waals surface area contributed by atoms with Gasteiger partial charge in [0, 0.05) is 28.9 Å². The van der Waals surface area contributed by atoms with Gasteiger partial charge in [-0.1, -0.05) is 29.3 Å². The average molecular weight is 329 g/mol. The third-order valence-corrected chi connectivity index (χ3v) is 4.78. The minimum absolute atomic E-state index is 0.0163. The van der Waals surface area contributed by atoms with Crippen LogP contribution in [0.3, 0.4) is 0 Å². The fourth-order valence-corrected chi connectivity index (χ4v) is 3.63. The van der Waals surface area contributed by atoms with Crippen molar-refractivity contribution in [3.63, 3.8) is 0 Å². The van der Waals surface area contributed by atoms with E-state index in [0.29, 0.717) is 33.6 Å². The molecule has 2 aliphatic heterocycles. The molecule has 2 aliphatic rings. The molecule has 0 amide bonds. The first-order chi connectivity index (χ1) is 9.46. The van der Waals surface area contributed by atoms with E-state index in [0.717, 1.165) is 0 Å². The number of hydrogen-bond acceptors (Lipinski definition) is 3. The van der Waals surface area contributed by atoms with Crippen molar-refractivity contribution in [1.82, 2.24) is 4.90 Å². The van der Waals surface area contributed by atoms with Gasteiger partial charge >= 0.3 is 0 Å². The maximum atomic E-state index is 11.7. The minimum Gasteiger partial charge on any atom is -0.331 e. The van der Waals surface area contributed by atoms with Crippen LogP contribution in [-0.4, -0.2) is 31.5 Å². The highest BCUT2D eigenvalue weighted by Gasteiger charge is 2.28. The molecule has 0 aromatic heterocycles. The van der Waals surface area contributed by atoms with Gasteiger partial charge in [-0.15, -0.1) is 4.40 Å². The van der Waals surface area contributed by atoms with Crippen LogP contribution in [0.4, 0.5) is 0 Å². The maximum absolute atomic E-state index is 11.7. The Labute approximate surface area is 127 Å². The third kappa shape index (κ3) is 2.49. The molecule has 0 fully saturated rings. The summed E-state index contributed by atoms with van der Waals surface area (Å²) in [7, 11) is -3.41. The summed E-state index contributed by atoms with van der Waals surface area (Å²) < 4.78 is 27.3. The van der Waals surface area contributed by atoms with Crippen LogP contribution in [0.5, 0.6) is 0 Å². The zero-order chi connectivity index (χ0) is 14.3. The second-order valence-corrected chi connectivity index (χ2v) is 7.04. The second-order valence-electron chi connectivity index (χ2n) is 4.44. The van der Waals surface area contributed by atoms with Gasteiger partial charge in [-0.2, -0.15) is 0 Å². The topological polar surface area (TPSA) is 49.7 Å². The van der Waals surface area contributed by atoms with E-state index in [4.69, 9.17) is 23.2 Å². The first-order valence-corrected chi connectivity index (χ1v) is 8.26. The van der Waals surface area contributed by atoms with Crippen LogP contribution in [0, 0.1) is 0 Å². The smallest absolute Gasteiger partial charge is 0.256 e. The number of halogens is 2. The van der Waals surface area contributed by atoms with Gasteiger partial charge in [0.05, 0.1) is 10.8 Å². The van der Waals surface area contributed by atoms with Crippen LogP contribution in [0.25, 0.3) is 5.57 Å². The molecule has 1 aromatic carbocycles. The number of allylic oxidation sites excluding steroid dienone is 2. The highest BCUT2D eigenvalue weighted by atomic mass is 35.5. The molecule has 2 heterocycles. The predicted octanol–water partition coefficient (Wildman–Crippen LogP) is 2.95. The SMILES string of the molecule is O=S1(=O)CCN2C=CC=C(c3ccc(Cl)cc3Cl)C2=N1. The molecule has 7 heteroatoms. The number of amidine groups is 1. The Morgan fingerprint density at radius 1 is 1.25 bits per heavy atom. The molecule has 20 heavy (non-hydrogen) atoms. The highest BCUT2D eigenvalue weighted by molar-refractivity contribution is 7.90. The Bertz CT molecular complexity index is 767. The molecule has 0 aliphatic carbocycles. The number of rotatable bonds is 1. The summed E-state index contributed by atoms with van der Waals surface area (Å²) in [5.41, 5.74) is 1.39. The van der Waals surface area contributed by atoms with Crippen molar-refractivity contribution in [2.24, 2.45) is 4.40 Å². The quantitative estimate of drug-likeness (QED) is 0.796. The first kappa shape index (κ1) is 13.7. The molecule has 0 N–H and O–H groups in total. The zero-order valence-corrected chi connectivity index (χ0v) is 12.6. The van der Waals surface area contributed by atoms with Crippen LogP contribution in [0.2, 0.25) is 10.0 Å². The molecule has 1 aromatic rings. The molecule has 0 saturated heterocycles. The fraction of sp³-hybridized carbons (Fsp3) is 0.154. The molecule has 0 bridgehead atoms. The van der Waals surface area contributed by atoms with Crippen LogP contribution < -0.4 is 0 Å². The van der Waals surface area contributed by atoms with E-state index in [-0.39, 0.29) is 5.75 Å². The van der Waals surface area contributed by atoms with Crippen molar-refractivity contribution in [2.75, 3.05) is 12.3 Å². The summed E-state index contributed by atoms with van der Waals surface area (Å²) in [5, 5.41) is 0.991. The van der Waals surface area contributed by atoms with Crippen molar-refractivity contribution in [2.45, 2.75) is 0 Å². The van der Waals surface area contributed by atoms with Gasteiger partial charge in [0.2, 0.25) is 0 Å². The predicted molar refractivity (Wildman–Crippen MR) is 81.5 cm³/mol. The number of fused-ring (bicyclic) bond motifs is 1. The van der Waals surface area contributed by atoms with E-state index < -0.39 is 10.0 Å². The minimum atomic E-state index is -3.41. The number of nitrogens with zero attached hydrogens (tertiary/aromatic N) is 2. The van der Waals surface area contributed by atoms with Crippen LogP contribution in [0.15, 0.2) is 40.9 Å². The van der Waals surface area contributed by atoms with E-state index >= 15 is 0 Å². The normalized spacial score (nSPS) is 20.2. The Morgan fingerprint density at radius 3 is 2.80 bits per heavy atom. The fourth-order valence-electron chi connectivity index (χ4n) is 2.13. The van der Waals surface area contributed by atoms with Gasteiger partial charge in [-0.05, 0) is 24.3 Å². The van der Waals surface area contributed by atoms with Crippen molar-refractivity contribution in [1.29, 1.82) is 0 Å². The Kier molecular flexibility index (Phi) is 3.36. The molecular weight excluding hydrogens is 319 g/mol. The molecule has 0 saturated carbocycles. The summed E-state index contributed by atoms with van der Waals surface area (Å²) in [6.07, 6.45) is 5.45. The summed E-state index contributed by atoms with van der Waals surface area (Å²) in [5.74, 6) is 0.422. The van der Waals surface area contributed by atoms with E-state index in [2.05, 4.69) is 4.40 Å². The summed E-state index contributed by atoms with van der Waals surface area (Å²) >= 11 is 12.1. The number of benzene rings is 1. The van der Waals surface area contributed by atoms with Crippen molar-refractivity contribution >= 4 is 44.6 Å². The molecule has 0 unspecified atom stereocenters. The van der Waals surface area contributed by atoms with Gasteiger partial charge in [0.25, 0.3) is 10.0 Å². The summed E-state index contributed by atoms with van der Waals surface area (Å²) in [6.45, 7) is 0.389. The highest BCUT2D eigenvalue weighted by Crippen LogP contribution is 2.31. The molecular formula is C13H10Cl2N2O2S. The average Bonchev–Trinajstić information content (AvgIpc) is 2.38. The van der Waals surface area contributed by atoms with Gasteiger partial charge in [-0.3, -0.25) is 0 Å². The molecule has 0 atom stereocenters. The van der Waals surface area contributed by atoms with Crippen LogP contribution in [0.1, 0.15) is 5.56 Å². The molecule has 3 rings (SSSR count). The monoisotopic (exact) mass is 328 g/mol. The lowest BCUT2D eigenvalue weighted by Gasteiger charge is -2.29. The number of sulfonamides is 1. The summed E-state index contributed by atoms with van der Waals surface area (Å²) in [6, 6.07) is 5.10. The van der Waals surface area contributed by atoms with E-state index in [1.54, 1.807) is 35.4 Å². The second kappa shape index (κ2) is 4.91. The lowest BCUT2D eigenvalue weighted by molar-refractivity contribution is 0.550. The largest absolute Gasteiger partial charge is 0.331 e. The molecule has 0 radical (unpaired) electrons. The van der Waals surface area contributed by atoms with Crippen molar-refractivity contribution in [3.8, 4) is 0 Å². The molecule has 104 valence electrons. The van der Waals surface area contributed by atoms with Crippen LogP contribution in [-0.2, 0) is 10.0 Å². The first-order valence-electron chi connectivity index (χ1n) is 5.90. The van der Waals surface area contributed by atoms with E-state index in [1.807, 2.05) is 6.08 Å². The standard InChI is InChI=1S/C13H10Cl2N2O2S/c14-9-3-4-10(12(15)8-9)11-2-1-5-17-6-7-20(18,19)16-13(11)17/h1-5,8H,6-7H2. The molecule has 4 nitrogen and oxygen atoms in total. The zero-order valence-electron chi connectivity index (χ0n) is 10.3. The third-order valence-electron chi connectivity index (χ3n) is 3.08. The Balaban J connectivity index is 2.15. The van der Waals surface area contributed by atoms with Gasteiger partial charge in [-0.25, -0.2) is 8.42 Å². The van der Waals surface area contributed by atoms with E-state index in [1.165, 1.54) is 0 Å². The summed E-state index contributed by atoms with van der Waals surface area (Å²) in [4.78, 5) is 1.81. The lowest BCUT2D eigenvalue weighted by Crippen LogP contribution is -2.37. The van der Waals surface area contributed by atoms with Crippen molar-refractivity contribution in [3.05, 3.63) is 52.2 Å². The van der Waals surface area contributed by atoms with E-state index in [9.17, 15) is 8.42 Å². The maximum Gasteiger partial charge on any atom is 0.256 e. The van der Waals surface area contributed by atoms with Gasteiger partial charge in [0.1, 0.15) is 0 Å². The molecule has 0 spiro atoms. The van der Waals surface area contributed by atoms with Gasteiger partial charge in [0.15, 0.2) is 5.84 Å². The Morgan fingerprint density at radius 2 is 2.05 bits per heavy atom. The van der Waals surface area contributed by atoms with Crippen LogP contribution >= 0.6 is 23.2 Å². The lowest BCUT2D eigenvalue weighted by atomic mass is 10.0. The van der Waals surface area contributed by atoms with Gasteiger partial charge < -0.3 is 4.90 Å². The Hall–Kier alpha value is -1.30. The van der Waals surface area contributed by atoms with Crippen molar-refractivity contribution < 1.29 is 8.42 Å².